The van der Waals surface area contributed by atoms with Gasteiger partial charge in [-0.05, 0) is 50.9 Å². The van der Waals surface area contributed by atoms with Crippen molar-refractivity contribution in [1.82, 2.24) is 9.88 Å². The zero-order valence-electron chi connectivity index (χ0n) is 11.0. The molecule has 2 fully saturated rings. The van der Waals surface area contributed by atoms with Crippen molar-refractivity contribution in [3.63, 3.8) is 0 Å². The van der Waals surface area contributed by atoms with E-state index in [1.54, 1.807) is 0 Å². The van der Waals surface area contributed by atoms with Gasteiger partial charge in [0.05, 0.1) is 5.02 Å². The van der Waals surface area contributed by atoms with Gasteiger partial charge in [0.1, 0.15) is 5.82 Å². The van der Waals surface area contributed by atoms with Crippen molar-refractivity contribution >= 4 is 17.4 Å². The smallest absolute Gasteiger partial charge is 0.147 e. The molecular formula is C14H20ClN3. The molecule has 1 aromatic rings. The molecule has 0 spiro atoms. The van der Waals surface area contributed by atoms with Crippen molar-refractivity contribution in [2.75, 3.05) is 32.1 Å². The van der Waals surface area contributed by atoms with Gasteiger partial charge in [-0.3, -0.25) is 0 Å². The van der Waals surface area contributed by atoms with E-state index in [-0.39, 0.29) is 0 Å². The molecule has 0 N–H and O–H groups in total. The molecule has 2 atom stereocenters. The lowest BCUT2D eigenvalue weighted by atomic mass is 9.97. The van der Waals surface area contributed by atoms with Gasteiger partial charge in [-0.1, -0.05) is 11.6 Å². The molecular weight excluding hydrogens is 246 g/mol. The summed E-state index contributed by atoms with van der Waals surface area (Å²) in [5.41, 5.74) is 0. The Balaban J connectivity index is 1.81. The number of pyridine rings is 1. The maximum Gasteiger partial charge on any atom is 0.147 e. The van der Waals surface area contributed by atoms with Crippen molar-refractivity contribution in [1.29, 1.82) is 0 Å². The van der Waals surface area contributed by atoms with Crippen LogP contribution in [-0.2, 0) is 0 Å². The highest BCUT2D eigenvalue weighted by molar-refractivity contribution is 6.32. The van der Waals surface area contributed by atoms with E-state index >= 15 is 0 Å². The Hall–Kier alpha value is -0.800. The van der Waals surface area contributed by atoms with E-state index in [2.05, 4.69) is 28.9 Å². The molecule has 18 heavy (non-hydrogen) atoms. The Labute approximate surface area is 114 Å². The molecule has 1 aliphatic carbocycles. The van der Waals surface area contributed by atoms with Crippen LogP contribution in [0.3, 0.4) is 0 Å². The average Bonchev–Trinajstić information content (AvgIpc) is 3.09. The summed E-state index contributed by atoms with van der Waals surface area (Å²) >= 11 is 6.26. The summed E-state index contributed by atoms with van der Waals surface area (Å²) < 4.78 is 0. The quantitative estimate of drug-likeness (QED) is 0.837. The summed E-state index contributed by atoms with van der Waals surface area (Å²) in [6, 6.07) is 4.46. The Morgan fingerprint density at radius 3 is 2.72 bits per heavy atom. The molecule has 3 rings (SSSR count). The molecule has 1 aliphatic heterocycles. The molecule has 4 heteroatoms. The Bertz CT molecular complexity index is 421. The minimum Gasteiger partial charge on any atom is -0.353 e. The highest BCUT2D eigenvalue weighted by atomic mass is 35.5. The fraction of sp³-hybridized carbons (Fsp3) is 0.643. The second-order valence-electron chi connectivity index (χ2n) is 5.75. The van der Waals surface area contributed by atoms with E-state index in [1.165, 1.54) is 12.8 Å². The third-order valence-electron chi connectivity index (χ3n) is 4.26. The van der Waals surface area contributed by atoms with Crippen molar-refractivity contribution < 1.29 is 0 Å². The van der Waals surface area contributed by atoms with Crippen LogP contribution in [-0.4, -0.2) is 43.1 Å². The Kier molecular flexibility index (Phi) is 3.20. The SMILES string of the molecule is CN(C)[C@@H]1CN(c2ncccc2Cl)C[C@H]1C1CC1. The van der Waals surface area contributed by atoms with Gasteiger partial charge in [0, 0.05) is 25.3 Å². The number of halogens is 1. The van der Waals surface area contributed by atoms with Gasteiger partial charge in [-0.25, -0.2) is 4.98 Å². The fourth-order valence-electron chi connectivity index (χ4n) is 3.13. The van der Waals surface area contributed by atoms with Crippen LogP contribution in [0.5, 0.6) is 0 Å². The second kappa shape index (κ2) is 4.71. The van der Waals surface area contributed by atoms with E-state index in [0.29, 0.717) is 6.04 Å². The van der Waals surface area contributed by atoms with Gasteiger partial charge in [-0.15, -0.1) is 0 Å². The molecule has 2 heterocycles. The molecule has 0 aromatic carbocycles. The van der Waals surface area contributed by atoms with Gasteiger partial charge in [-0.2, -0.15) is 0 Å². The molecule has 0 bridgehead atoms. The Morgan fingerprint density at radius 2 is 2.11 bits per heavy atom. The number of nitrogens with zero attached hydrogens (tertiary/aromatic N) is 3. The van der Waals surface area contributed by atoms with E-state index in [0.717, 1.165) is 35.8 Å². The number of hydrogen-bond donors (Lipinski definition) is 0. The van der Waals surface area contributed by atoms with Crippen molar-refractivity contribution in [2.45, 2.75) is 18.9 Å². The average molecular weight is 266 g/mol. The lowest BCUT2D eigenvalue weighted by Crippen LogP contribution is -2.36. The monoisotopic (exact) mass is 265 g/mol. The maximum absolute atomic E-state index is 6.26. The van der Waals surface area contributed by atoms with Crippen LogP contribution in [0.2, 0.25) is 5.02 Å². The van der Waals surface area contributed by atoms with Crippen LogP contribution in [0.25, 0.3) is 0 Å². The molecule has 0 amide bonds. The summed E-state index contributed by atoms with van der Waals surface area (Å²) in [6.07, 6.45) is 4.63. The highest BCUT2D eigenvalue weighted by Crippen LogP contribution is 2.43. The van der Waals surface area contributed by atoms with Crippen LogP contribution in [0.4, 0.5) is 5.82 Å². The molecule has 1 saturated heterocycles. The van der Waals surface area contributed by atoms with Crippen molar-refractivity contribution in [3.05, 3.63) is 23.4 Å². The van der Waals surface area contributed by atoms with Gasteiger partial charge in [0.25, 0.3) is 0 Å². The molecule has 1 aromatic heterocycles. The first-order chi connectivity index (χ1) is 8.66. The number of rotatable bonds is 3. The fourth-order valence-corrected chi connectivity index (χ4v) is 3.37. The summed E-state index contributed by atoms with van der Waals surface area (Å²) in [6.45, 7) is 2.15. The van der Waals surface area contributed by atoms with Crippen LogP contribution in [0.1, 0.15) is 12.8 Å². The zero-order chi connectivity index (χ0) is 12.7. The second-order valence-corrected chi connectivity index (χ2v) is 6.15. The minimum absolute atomic E-state index is 0.635. The highest BCUT2D eigenvalue weighted by Gasteiger charge is 2.43. The third-order valence-corrected chi connectivity index (χ3v) is 4.56. The minimum atomic E-state index is 0.635. The van der Waals surface area contributed by atoms with Gasteiger partial charge < -0.3 is 9.80 Å². The molecule has 0 radical (unpaired) electrons. The standard InChI is InChI=1S/C14H20ClN3/c1-17(2)13-9-18(8-11(13)10-5-6-10)14-12(15)4-3-7-16-14/h3-4,7,10-11,13H,5-6,8-9H2,1-2H3/t11-,13+/m0/s1. The van der Waals surface area contributed by atoms with E-state index in [4.69, 9.17) is 11.6 Å². The summed E-state index contributed by atoms with van der Waals surface area (Å²) in [5, 5.41) is 0.770. The zero-order valence-corrected chi connectivity index (χ0v) is 11.8. The van der Waals surface area contributed by atoms with E-state index in [1.807, 2.05) is 18.3 Å². The lowest BCUT2D eigenvalue weighted by Gasteiger charge is -2.24. The predicted octanol–water partition coefficient (Wildman–Crippen LogP) is 2.51. The van der Waals surface area contributed by atoms with E-state index < -0.39 is 0 Å². The van der Waals surface area contributed by atoms with Gasteiger partial charge in [0.15, 0.2) is 0 Å². The normalized spacial score (nSPS) is 28.1. The van der Waals surface area contributed by atoms with Crippen LogP contribution in [0, 0.1) is 11.8 Å². The number of anilines is 1. The lowest BCUT2D eigenvalue weighted by molar-refractivity contribution is 0.238. The number of aromatic nitrogens is 1. The van der Waals surface area contributed by atoms with Crippen molar-refractivity contribution in [3.8, 4) is 0 Å². The maximum atomic E-state index is 6.26. The topological polar surface area (TPSA) is 19.4 Å². The molecule has 3 nitrogen and oxygen atoms in total. The number of likely N-dealkylation sites (N-methyl/N-ethyl adjacent to an activating group) is 1. The molecule has 0 unspecified atom stereocenters. The third kappa shape index (κ3) is 2.21. The summed E-state index contributed by atoms with van der Waals surface area (Å²) in [7, 11) is 4.37. The molecule has 2 aliphatic rings. The van der Waals surface area contributed by atoms with E-state index in [9.17, 15) is 0 Å². The van der Waals surface area contributed by atoms with Gasteiger partial charge in [0.2, 0.25) is 0 Å². The first-order valence-electron chi connectivity index (χ1n) is 6.68. The number of hydrogen-bond acceptors (Lipinski definition) is 3. The predicted molar refractivity (Wildman–Crippen MR) is 75.1 cm³/mol. The molecule has 1 saturated carbocycles. The molecule has 98 valence electrons. The summed E-state index contributed by atoms with van der Waals surface area (Å²) in [4.78, 5) is 9.16. The van der Waals surface area contributed by atoms with Crippen LogP contribution >= 0.6 is 11.6 Å². The largest absolute Gasteiger partial charge is 0.353 e. The first-order valence-corrected chi connectivity index (χ1v) is 7.06. The van der Waals surface area contributed by atoms with Crippen molar-refractivity contribution in [2.24, 2.45) is 11.8 Å². The van der Waals surface area contributed by atoms with Crippen LogP contribution in [0.15, 0.2) is 18.3 Å². The van der Waals surface area contributed by atoms with Gasteiger partial charge >= 0.3 is 0 Å². The Morgan fingerprint density at radius 1 is 1.33 bits per heavy atom. The van der Waals surface area contributed by atoms with Crippen LogP contribution < -0.4 is 4.90 Å². The summed E-state index contributed by atoms with van der Waals surface area (Å²) in [5.74, 6) is 2.65. The first kappa shape index (κ1) is 12.2.